The van der Waals surface area contributed by atoms with E-state index in [2.05, 4.69) is 32.2 Å². The number of nitrogens with one attached hydrogen (secondary N) is 1. The number of amides is 4. The third kappa shape index (κ3) is 4.23. The van der Waals surface area contributed by atoms with Crippen LogP contribution in [0.5, 0.6) is 0 Å². The van der Waals surface area contributed by atoms with Crippen molar-refractivity contribution in [3.63, 3.8) is 0 Å². The van der Waals surface area contributed by atoms with Crippen molar-refractivity contribution in [2.24, 2.45) is 0 Å². The van der Waals surface area contributed by atoms with Gasteiger partial charge in [-0.2, -0.15) is 39.0 Å². The van der Waals surface area contributed by atoms with Gasteiger partial charge in [-0.15, -0.1) is 16.8 Å². The average Bonchev–Trinajstić information content (AvgIpc) is 2.61. The van der Waals surface area contributed by atoms with Gasteiger partial charge in [-0.05, 0) is 6.42 Å². The van der Waals surface area contributed by atoms with E-state index in [0.29, 0.717) is 16.5 Å². The molecule has 0 bridgehead atoms. The summed E-state index contributed by atoms with van der Waals surface area (Å²) in [6.45, 7) is 6.25. The molecule has 28 heavy (non-hydrogen) atoms. The number of carbonyl (C=O) groups is 4. The van der Waals surface area contributed by atoms with Crippen molar-refractivity contribution in [1.29, 1.82) is 0 Å². The molecule has 0 aliphatic carbocycles. The van der Waals surface area contributed by atoms with Crippen LogP contribution in [-0.2, 0) is 42.3 Å². The molecular formula is C21H20N2O4Y-2. The van der Waals surface area contributed by atoms with Crippen LogP contribution in [0.25, 0.3) is 10.8 Å². The Balaban J connectivity index is 0.000000515. The molecule has 1 unspecified atom stereocenters. The van der Waals surface area contributed by atoms with E-state index in [-0.39, 0.29) is 51.5 Å². The first kappa shape index (κ1) is 22.4. The predicted octanol–water partition coefficient (Wildman–Crippen LogP) is 2.66. The van der Waals surface area contributed by atoms with Crippen LogP contribution in [0, 0.1) is 12.0 Å². The number of benzene rings is 2. The van der Waals surface area contributed by atoms with Gasteiger partial charge in [-0.1, -0.05) is 17.7 Å². The Labute approximate surface area is 188 Å². The average molecular weight is 453 g/mol. The Morgan fingerprint density at radius 3 is 2.32 bits per heavy atom. The van der Waals surface area contributed by atoms with Crippen molar-refractivity contribution in [3.8, 4) is 0 Å². The molecule has 2 aliphatic heterocycles. The summed E-state index contributed by atoms with van der Waals surface area (Å²) in [7, 11) is 0. The number of hydrogen-bond donors (Lipinski definition) is 1. The van der Waals surface area contributed by atoms with E-state index in [1.807, 2.05) is 0 Å². The quantitative estimate of drug-likeness (QED) is 0.532. The minimum absolute atomic E-state index is 0. The van der Waals surface area contributed by atoms with Gasteiger partial charge in [0.1, 0.15) is 6.04 Å². The van der Waals surface area contributed by atoms with Crippen LogP contribution in [0.15, 0.2) is 30.3 Å². The molecular weight excluding hydrogens is 433 g/mol. The standard InChI is InChI=1S/C17H11N2O4.C4H9.Y/c20-13-8-7-12(15(21)18-13)19-16(22)10-5-1-3-9-4-2-6-11(14(9)10)17(19)23;1-4(2)3;/h1,3-6,12H,7-8H2,(H,18,20,21);1-3H3;/q2*-1;. The van der Waals surface area contributed by atoms with Crippen LogP contribution in [0.1, 0.15) is 54.3 Å². The van der Waals surface area contributed by atoms with E-state index in [0.717, 1.165) is 10.3 Å². The summed E-state index contributed by atoms with van der Waals surface area (Å²) < 4.78 is 0. The van der Waals surface area contributed by atoms with Crippen LogP contribution < -0.4 is 5.32 Å². The molecule has 1 fully saturated rings. The predicted molar refractivity (Wildman–Crippen MR) is 99.7 cm³/mol. The monoisotopic (exact) mass is 453 g/mol. The molecule has 4 rings (SSSR count). The van der Waals surface area contributed by atoms with E-state index in [4.69, 9.17) is 0 Å². The number of carbonyl (C=O) groups excluding carboxylic acids is 4. The molecule has 2 heterocycles. The molecule has 6 nitrogen and oxygen atoms in total. The molecule has 1 radical (unpaired) electrons. The normalized spacial score (nSPS) is 18.4. The van der Waals surface area contributed by atoms with Crippen LogP contribution >= 0.6 is 0 Å². The third-order valence-corrected chi connectivity index (χ3v) is 4.25. The first-order valence-corrected chi connectivity index (χ1v) is 8.72. The fourth-order valence-electron chi connectivity index (χ4n) is 3.19. The van der Waals surface area contributed by atoms with Crippen molar-refractivity contribution >= 4 is 34.4 Å². The van der Waals surface area contributed by atoms with Crippen molar-refractivity contribution < 1.29 is 51.9 Å². The Morgan fingerprint density at radius 1 is 1.04 bits per heavy atom. The Bertz CT molecular complexity index is 901. The van der Waals surface area contributed by atoms with E-state index in [9.17, 15) is 19.2 Å². The summed E-state index contributed by atoms with van der Waals surface area (Å²) in [5.74, 6) is -0.615. The van der Waals surface area contributed by atoms with Gasteiger partial charge >= 0.3 is 0 Å². The van der Waals surface area contributed by atoms with Crippen LogP contribution in [0.2, 0.25) is 0 Å². The molecule has 2 aromatic carbocycles. The van der Waals surface area contributed by atoms with Gasteiger partial charge in [0, 0.05) is 44.7 Å². The zero-order valence-electron chi connectivity index (χ0n) is 16.0. The summed E-state index contributed by atoms with van der Waals surface area (Å²) in [6, 6.07) is 10.3. The zero-order chi connectivity index (χ0) is 19.7. The third-order valence-electron chi connectivity index (χ3n) is 4.25. The van der Waals surface area contributed by atoms with Crippen molar-refractivity contribution in [2.75, 3.05) is 0 Å². The number of piperidine rings is 1. The molecule has 0 saturated carbocycles. The van der Waals surface area contributed by atoms with E-state index in [1.54, 1.807) is 24.3 Å². The van der Waals surface area contributed by atoms with Crippen molar-refractivity contribution in [3.05, 3.63) is 53.4 Å². The van der Waals surface area contributed by atoms with Gasteiger partial charge < -0.3 is 5.92 Å². The molecule has 143 valence electrons. The van der Waals surface area contributed by atoms with Crippen LogP contribution in [0.4, 0.5) is 0 Å². The second-order valence-electron chi connectivity index (χ2n) is 7.09. The maximum absolute atomic E-state index is 12.8. The largest absolute Gasteiger partial charge is 0.323 e. The molecule has 2 aliphatic rings. The second-order valence-corrected chi connectivity index (χ2v) is 7.09. The molecule has 2 aromatic rings. The maximum atomic E-state index is 12.8. The second kappa shape index (κ2) is 9.06. The maximum Gasteiger partial charge on any atom is 0.259 e. The topological polar surface area (TPSA) is 83.6 Å². The molecule has 1 N–H and O–H groups in total. The van der Waals surface area contributed by atoms with Gasteiger partial charge in [0.2, 0.25) is 17.7 Å². The molecule has 0 aromatic heterocycles. The summed E-state index contributed by atoms with van der Waals surface area (Å²) in [5.41, 5.74) is 0.734. The molecule has 1 atom stereocenters. The minimum Gasteiger partial charge on any atom is -0.323 e. The van der Waals surface area contributed by atoms with Crippen molar-refractivity contribution in [2.45, 2.75) is 39.7 Å². The number of imide groups is 2. The zero-order valence-corrected chi connectivity index (χ0v) is 18.9. The van der Waals surface area contributed by atoms with Gasteiger partial charge in [0.05, 0.1) is 0 Å². The summed E-state index contributed by atoms with van der Waals surface area (Å²) in [4.78, 5) is 49.9. The van der Waals surface area contributed by atoms with E-state index < -0.39 is 23.8 Å². The molecule has 7 heteroatoms. The summed E-state index contributed by atoms with van der Waals surface area (Å²) in [5, 5.41) is 3.53. The van der Waals surface area contributed by atoms with E-state index >= 15 is 0 Å². The number of hydrogen-bond acceptors (Lipinski definition) is 4. The van der Waals surface area contributed by atoms with Crippen LogP contribution in [0.3, 0.4) is 0 Å². The molecule has 0 spiro atoms. The van der Waals surface area contributed by atoms with Gasteiger partial charge in [0.25, 0.3) is 5.91 Å². The number of nitrogens with zero attached hydrogens (tertiary/aromatic N) is 1. The fraction of sp³-hybridized carbons (Fsp3) is 0.286. The molecule has 1 saturated heterocycles. The first-order valence-electron chi connectivity index (χ1n) is 8.72. The van der Waals surface area contributed by atoms with Gasteiger partial charge in [-0.25, -0.2) is 0 Å². The fourth-order valence-corrected chi connectivity index (χ4v) is 3.19. The van der Waals surface area contributed by atoms with Crippen molar-refractivity contribution in [1.82, 2.24) is 10.2 Å². The Morgan fingerprint density at radius 2 is 1.68 bits per heavy atom. The Hall–Kier alpha value is -1.92. The summed E-state index contributed by atoms with van der Waals surface area (Å²) >= 11 is 0. The molecule has 4 amide bonds. The van der Waals surface area contributed by atoms with E-state index in [1.165, 1.54) is 12.0 Å². The van der Waals surface area contributed by atoms with Gasteiger partial charge in [-0.3, -0.25) is 29.4 Å². The number of rotatable bonds is 1. The first-order chi connectivity index (χ1) is 12.8. The SMILES string of the molecule is C[C-](C)C.O=C1CCC(N2C(=O)c3c[c-]cc4cccc(c34)C2=O)C(=O)N1.[Y]. The summed E-state index contributed by atoms with van der Waals surface area (Å²) in [6.07, 6.45) is 0.245. The smallest absolute Gasteiger partial charge is 0.259 e. The van der Waals surface area contributed by atoms with Gasteiger partial charge in [0.15, 0.2) is 0 Å². The Kier molecular flexibility index (Phi) is 7.24. The minimum atomic E-state index is -0.962. The van der Waals surface area contributed by atoms with Crippen LogP contribution in [-0.4, -0.2) is 34.6 Å².